The number of carboxylic acids is 1. The van der Waals surface area contributed by atoms with Crippen LogP contribution in [0.25, 0.3) is 0 Å². The van der Waals surface area contributed by atoms with Crippen LogP contribution in [0.2, 0.25) is 0 Å². The van der Waals surface area contributed by atoms with Crippen molar-refractivity contribution in [1.29, 1.82) is 0 Å². The van der Waals surface area contributed by atoms with Crippen LogP contribution in [0.5, 0.6) is 11.5 Å². The largest absolute Gasteiger partial charge is 0.508 e. The number of methoxy groups -OCH3 is 1. The summed E-state index contributed by atoms with van der Waals surface area (Å²) >= 11 is 0. The normalized spacial score (nSPS) is 13.6. The molecule has 1 rings (SSSR count). The Labute approximate surface area is 116 Å². The average molecular weight is 282 g/mol. The smallest absolute Gasteiger partial charge is 0.341 e. The van der Waals surface area contributed by atoms with Gasteiger partial charge >= 0.3 is 11.9 Å². The van der Waals surface area contributed by atoms with E-state index in [1.165, 1.54) is 13.2 Å². The zero-order chi connectivity index (χ0) is 15.4. The van der Waals surface area contributed by atoms with Gasteiger partial charge in [-0.1, -0.05) is 13.8 Å². The first-order valence-electron chi connectivity index (χ1n) is 6.13. The van der Waals surface area contributed by atoms with E-state index < -0.39 is 11.9 Å². The van der Waals surface area contributed by atoms with Gasteiger partial charge in [0.05, 0.1) is 7.11 Å². The van der Waals surface area contributed by atoms with Crippen LogP contribution in [0.1, 0.15) is 42.1 Å². The van der Waals surface area contributed by atoms with Crippen LogP contribution in [0.15, 0.2) is 12.1 Å². The Bertz CT molecular complexity index is 523. The molecule has 110 valence electrons. The first-order valence-corrected chi connectivity index (χ1v) is 6.13. The molecule has 0 spiro atoms. The summed E-state index contributed by atoms with van der Waals surface area (Å²) in [6.45, 7) is 3.45. The summed E-state index contributed by atoms with van der Waals surface area (Å²) in [5, 5.41) is 28.2. The number of carbonyl (C=O) groups is 2. The van der Waals surface area contributed by atoms with E-state index in [4.69, 9.17) is 5.11 Å². The number of benzene rings is 1. The lowest BCUT2D eigenvalue weighted by atomic mass is 9.84. The number of aliphatic carboxylic acids is 1. The van der Waals surface area contributed by atoms with E-state index in [0.717, 1.165) is 6.07 Å². The minimum absolute atomic E-state index is 0.0463. The van der Waals surface area contributed by atoms with Crippen molar-refractivity contribution in [2.24, 2.45) is 5.92 Å². The van der Waals surface area contributed by atoms with Gasteiger partial charge in [-0.3, -0.25) is 4.79 Å². The molecule has 0 aliphatic heterocycles. The van der Waals surface area contributed by atoms with Gasteiger partial charge in [-0.05, 0) is 23.5 Å². The molecule has 1 aromatic carbocycles. The van der Waals surface area contributed by atoms with Crippen molar-refractivity contribution in [3.05, 3.63) is 23.3 Å². The third-order valence-corrected chi connectivity index (χ3v) is 3.36. The van der Waals surface area contributed by atoms with Gasteiger partial charge in [-0.25, -0.2) is 4.79 Å². The van der Waals surface area contributed by atoms with E-state index in [-0.39, 0.29) is 35.3 Å². The third-order valence-electron chi connectivity index (χ3n) is 3.36. The maximum atomic E-state index is 11.7. The molecule has 0 aliphatic rings. The van der Waals surface area contributed by atoms with Crippen molar-refractivity contribution >= 4 is 11.9 Å². The molecule has 0 radical (unpaired) electrons. The molecule has 0 fully saturated rings. The number of phenols is 2. The molecule has 0 amide bonds. The Morgan fingerprint density at radius 1 is 1.25 bits per heavy atom. The number of carbonyl (C=O) groups excluding carboxylic acids is 1. The summed E-state index contributed by atoms with van der Waals surface area (Å²) in [6, 6.07) is 2.39. The molecule has 20 heavy (non-hydrogen) atoms. The Hall–Kier alpha value is -2.24. The third kappa shape index (κ3) is 3.40. The van der Waals surface area contributed by atoms with Crippen molar-refractivity contribution in [2.45, 2.75) is 26.2 Å². The van der Waals surface area contributed by atoms with E-state index in [1.54, 1.807) is 13.8 Å². The molecule has 6 nitrogen and oxygen atoms in total. The lowest BCUT2D eigenvalue weighted by Gasteiger charge is -2.21. The fraction of sp³-hybridized carbons (Fsp3) is 0.429. The van der Waals surface area contributed by atoms with Crippen molar-refractivity contribution < 1.29 is 29.6 Å². The van der Waals surface area contributed by atoms with Crippen LogP contribution in [-0.2, 0) is 9.53 Å². The van der Waals surface area contributed by atoms with Crippen LogP contribution in [0, 0.1) is 5.92 Å². The standard InChI is InChI=1S/C14H18O6/c1-7(4-12(17)18)8(2)10-5-9(15)6-11(16)13(10)14(19)20-3/h5-8,15-16H,4H2,1-3H3,(H,17,18). The Balaban J connectivity index is 3.27. The highest BCUT2D eigenvalue weighted by molar-refractivity contribution is 5.94. The maximum absolute atomic E-state index is 11.7. The fourth-order valence-corrected chi connectivity index (χ4v) is 2.08. The molecule has 6 heteroatoms. The quantitative estimate of drug-likeness (QED) is 0.714. The Kier molecular flexibility index (Phi) is 4.96. The van der Waals surface area contributed by atoms with Crippen LogP contribution >= 0.6 is 0 Å². The van der Waals surface area contributed by atoms with Crippen molar-refractivity contribution in [2.75, 3.05) is 7.11 Å². The van der Waals surface area contributed by atoms with E-state index in [9.17, 15) is 19.8 Å². The van der Waals surface area contributed by atoms with E-state index in [1.807, 2.05) is 0 Å². The zero-order valence-corrected chi connectivity index (χ0v) is 11.6. The molecule has 0 aliphatic carbocycles. The molecule has 2 unspecified atom stereocenters. The highest BCUT2D eigenvalue weighted by Crippen LogP contribution is 2.36. The van der Waals surface area contributed by atoms with Gasteiger partial charge in [0, 0.05) is 12.5 Å². The molecule has 0 bridgehead atoms. The summed E-state index contributed by atoms with van der Waals surface area (Å²) in [5.41, 5.74) is 0.318. The number of hydrogen-bond acceptors (Lipinski definition) is 5. The summed E-state index contributed by atoms with van der Waals surface area (Å²) < 4.78 is 4.61. The lowest BCUT2D eigenvalue weighted by molar-refractivity contribution is -0.138. The maximum Gasteiger partial charge on any atom is 0.341 e. The van der Waals surface area contributed by atoms with E-state index >= 15 is 0 Å². The van der Waals surface area contributed by atoms with Crippen LogP contribution in [0.4, 0.5) is 0 Å². The van der Waals surface area contributed by atoms with Crippen LogP contribution in [-0.4, -0.2) is 34.4 Å². The molecule has 2 atom stereocenters. The van der Waals surface area contributed by atoms with Gasteiger partial charge in [0.25, 0.3) is 0 Å². The van der Waals surface area contributed by atoms with Crippen LogP contribution in [0.3, 0.4) is 0 Å². The number of esters is 1. The zero-order valence-electron chi connectivity index (χ0n) is 11.6. The predicted octanol–water partition coefficient (Wildman–Crippen LogP) is 2.10. The second-order valence-electron chi connectivity index (χ2n) is 4.78. The number of phenolic OH excluding ortho intramolecular Hbond substituents is 2. The second kappa shape index (κ2) is 6.27. The Morgan fingerprint density at radius 3 is 2.35 bits per heavy atom. The molecule has 3 N–H and O–H groups in total. The van der Waals surface area contributed by atoms with Crippen LogP contribution < -0.4 is 0 Å². The summed E-state index contributed by atoms with van der Waals surface area (Å²) in [6.07, 6.45) is -0.0851. The first-order chi connectivity index (χ1) is 9.27. The highest BCUT2D eigenvalue weighted by Gasteiger charge is 2.26. The minimum Gasteiger partial charge on any atom is -0.508 e. The molecule has 0 saturated carbocycles. The lowest BCUT2D eigenvalue weighted by Crippen LogP contribution is -2.15. The monoisotopic (exact) mass is 282 g/mol. The number of hydrogen-bond donors (Lipinski definition) is 3. The number of aromatic hydroxyl groups is 2. The SMILES string of the molecule is COC(=O)c1c(O)cc(O)cc1C(C)C(C)CC(=O)O. The molecule has 0 aromatic heterocycles. The molecule has 1 aromatic rings. The van der Waals surface area contributed by atoms with Gasteiger partial charge in [-0.15, -0.1) is 0 Å². The van der Waals surface area contributed by atoms with Gasteiger partial charge in [0.15, 0.2) is 0 Å². The van der Waals surface area contributed by atoms with E-state index in [2.05, 4.69) is 4.74 Å². The summed E-state index contributed by atoms with van der Waals surface area (Å²) in [5.74, 6) is -2.89. The first kappa shape index (κ1) is 15.8. The number of rotatable bonds is 5. The highest BCUT2D eigenvalue weighted by atomic mass is 16.5. The predicted molar refractivity (Wildman–Crippen MR) is 70.9 cm³/mol. The molecular weight excluding hydrogens is 264 g/mol. The Morgan fingerprint density at radius 2 is 1.85 bits per heavy atom. The molecule has 0 saturated heterocycles. The van der Waals surface area contributed by atoms with Gasteiger partial charge in [0.1, 0.15) is 17.1 Å². The summed E-state index contributed by atoms with van der Waals surface area (Å²) in [7, 11) is 1.18. The summed E-state index contributed by atoms with van der Waals surface area (Å²) in [4.78, 5) is 22.5. The number of carboxylic acid groups (broad SMARTS) is 1. The molecule has 0 heterocycles. The second-order valence-corrected chi connectivity index (χ2v) is 4.78. The fourth-order valence-electron chi connectivity index (χ4n) is 2.08. The minimum atomic E-state index is -0.951. The van der Waals surface area contributed by atoms with Gasteiger partial charge in [-0.2, -0.15) is 0 Å². The van der Waals surface area contributed by atoms with Crippen molar-refractivity contribution in [3.63, 3.8) is 0 Å². The van der Waals surface area contributed by atoms with E-state index in [0.29, 0.717) is 5.56 Å². The topological polar surface area (TPSA) is 104 Å². The van der Waals surface area contributed by atoms with Gasteiger partial charge in [0.2, 0.25) is 0 Å². The average Bonchev–Trinajstić information content (AvgIpc) is 2.35. The van der Waals surface area contributed by atoms with Gasteiger partial charge < -0.3 is 20.1 Å². The molecular formula is C14H18O6. The van der Waals surface area contributed by atoms with Crippen molar-refractivity contribution in [1.82, 2.24) is 0 Å². The van der Waals surface area contributed by atoms with Crippen molar-refractivity contribution in [3.8, 4) is 11.5 Å². The number of ether oxygens (including phenoxy) is 1.